The van der Waals surface area contributed by atoms with E-state index in [0.717, 1.165) is 0 Å². The van der Waals surface area contributed by atoms with Crippen molar-refractivity contribution in [1.29, 1.82) is 10.5 Å². The largest absolute Gasteiger partial charge is 1.00 e. The monoisotopic (exact) mass is 251 g/mol. The van der Waals surface area contributed by atoms with Gasteiger partial charge in [0.25, 0.3) is 0 Å². The van der Waals surface area contributed by atoms with Crippen LogP contribution < -0.4 is 40.4 Å². The molecular formula is C9H14N3NaO4. The van der Waals surface area contributed by atoms with Gasteiger partial charge in [0.2, 0.25) is 0 Å². The molecule has 0 aliphatic rings. The minimum Gasteiger partial charge on any atom is -0.548 e. The van der Waals surface area contributed by atoms with Crippen molar-refractivity contribution in [2.24, 2.45) is 5.73 Å². The number of carboxylic acids is 2. The molecule has 0 heterocycles. The maximum atomic E-state index is 9.88. The first-order chi connectivity index (χ1) is 7.37. The minimum absolute atomic E-state index is 0. The van der Waals surface area contributed by atoms with Gasteiger partial charge in [-0.2, -0.15) is 10.5 Å². The molecule has 8 heteroatoms. The van der Waals surface area contributed by atoms with E-state index in [-0.39, 0.29) is 42.4 Å². The van der Waals surface area contributed by atoms with Gasteiger partial charge in [-0.05, 0) is 6.42 Å². The number of hydrogen-bond acceptors (Lipinski definition) is 6. The fraction of sp³-hybridized carbons (Fsp3) is 0.556. The van der Waals surface area contributed by atoms with Crippen molar-refractivity contribution in [2.45, 2.75) is 32.7 Å². The third-order valence-electron chi connectivity index (χ3n) is 0.972. The van der Waals surface area contributed by atoms with Crippen LogP contribution in [-0.2, 0) is 9.59 Å². The summed E-state index contributed by atoms with van der Waals surface area (Å²) in [6.07, 6.45) is -0.327. The van der Waals surface area contributed by atoms with Crippen LogP contribution in [0.1, 0.15) is 26.7 Å². The summed E-state index contributed by atoms with van der Waals surface area (Å²) in [6.45, 7) is 2.86. The number of nitrogens with two attached hydrogens (primary N) is 1. The Morgan fingerprint density at radius 2 is 1.65 bits per heavy atom. The van der Waals surface area contributed by atoms with E-state index in [1.165, 1.54) is 13.8 Å². The molecule has 7 nitrogen and oxygen atoms in total. The molecule has 0 aromatic carbocycles. The normalized spacial score (nSPS) is 8.29. The van der Waals surface area contributed by atoms with Gasteiger partial charge >= 0.3 is 35.5 Å². The molecule has 0 saturated heterocycles. The Hall–Kier alpha value is -1.12. The minimum atomic E-state index is -1.42. The van der Waals surface area contributed by atoms with Crippen molar-refractivity contribution in [3.8, 4) is 12.1 Å². The zero-order valence-corrected chi connectivity index (χ0v) is 12.1. The van der Waals surface area contributed by atoms with Gasteiger partial charge in [-0.25, -0.2) is 0 Å². The summed E-state index contributed by atoms with van der Waals surface area (Å²) < 4.78 is 0. The van der Waals surface area contributed by atoms with Gasteiger partial charge in [-0.3, -0.25) is 4.79 Å². The molecule has 0 rings (SSSR count). The van der Waals surface area contributed by atoms with Gasteiger partial charge in [0.1, 0.15) is 0 Å². The van der Waals surface area contributed by atoms with Crippen molar-refractivity contribution >= 4 is 11.9 Å². The Balaban J connectivity index is -0.000000102. The summed E-state index contributed by atoms with van der Waals surface area (Å²) >= 11 is 0. The van der Waals surface area contributed by atoms with Crippen LogP contribution in [0.5, 0.6) is 0 Å². The number of aliphatic carboxylic acids is 2. The van der Waals surface area contributed by atoms with E-state index in [0.29, 0.717) is 0 Å². The Labute approximate surface area is 122 Å². The Morgan fingerprint density at radius 1 is 1.35 bits per heavy atom. The SMILES string of the molecule is CC#N.CC#N.N[C@@H](CCC(=O)O)C(=O)[O-].[Na+]. The average molecular weight is 251 g/mol. The molecule has 0 aromatic rings. The van der Waals surface area contributed by atoms with Crippen LogP contribution in [0.25, 0.3) is 0 Å². The summed E-state index contributed by atoms with van der Waals surface area (Å²) in [4.78, 5) is 19.7. The maximum absolute atomic E-state index is 9.88. The topological polar surface area (TPSA) is 151 Å². The molecule has 0 unspecified atom stereocenters. The molecule has 1 atom stereocenters. The first-order valence-corrected chi connectivity index (χ1v) is 4.17. The maximum Gasteiger partial charge on any atom is 1.00 e. The van der Waals surface area contributed by atoms with Gasteiger partial charge in [-0.15, -0.1) is 0 Å². The standard InChI is InChI=1S/C5H9NO4.2C2H3N.Na/c6-3(5(9)10)1-2-4(7)8;2*1-2-3;/h3H,1-2,6H2,(H,7,8)(H,9,10);2*1H3;/q;;;+1/p-1/t3-;;;/m0.../s1. The molecule has 3 N–H and O–H groups in total. The average Bonchev–Trinajstić information content (AvgIpc) is 2.16. The first-order valence-electron chi connectivity index (χ1n) is 4.17. The van der Waals surface area contributed by atoms with E-state index in [1.807, 2.05) is 0 Å². The van der Waals surface area contributed by atoms with E-state index in [9.17, 15) is 14.7 Å². The number of hydrogen-bond donors (Lipinski definition) is 2. The van der Waals surface area contributed by atoms with E-state index in [4.69, 9.17) is 21.4 Å². The van der Waals surface area contributed by atoms with Gasteiger partial charge < -0.3 is 20.7 Å². The van der Waals surface area contributed by atoms with E-state index >= 15 is 0 Å². The summed E-state index contributed by atoms with van der Waals surface area (Å²) in [6, 6.07) is 2.33. The molecule has 0 aromatic heterocycles. The van der Waals surface area contributed by atoms with Crippen LogP contribution in [0.2, 0.25) is 0 Å². The van der Waals surface area contributed by atoms with Crippen molar-refractivity contribution < 1.29 is 49.4 Å². The quantitative estimate of drug-likeness (QED) is 0.483. The molecule has 0 amide bonds. The summed E-state index contributed by atoms with van der Waals surface area (Å²) in [5.74, 6) is -2.47. The van der Waals surface area contributed by atoms with E-state index in [1.54, 1.807) is 12.1 Å². The first kappa shape index (κ1) is 24.9. The van der Waals surface area contributed by atoms with Crippen molar-refractivity contribution in [3.05, 3.63) is 0 Å². The van der Waals surface area contributed by atoms with E-state index < -0.39 is 18.0 Å². The fourth-order valence-electron chi connectivity index (χ4n) is 0.397. The second-order valence-corrected chi connectivity index (χ2v) is 2.31. The van der Waals surface area contributed by atoms with Gasteiger partial charge in [0.15, 0.2) is 0 Å². The third-order valence-corrected chi connectivity index (χ3v) is 0.972. The van der Waals surface area contributed by atoms with Crippen LogP contribution in [0.4, 0.5) is 0 Å². The number of nitriles is 2. The summed E-state index contributed by atoms with van der Waals surface area (Å²) in [5.41, 5.74) is 4.94. The predicted octanol–water partition coefficient (Wildman–Crippen LogP) is -4.01. The van der Waals surface area contributed by atoms with Crippen molar-refractivity contribution in [2.75, 3.05) is 0 Å². The summed E-state index contributed by atoms with van der Waals surface area (Å²) in [5, 5.41) is 32.6. The second-order valence-electron chi connectivity index (χ2n) is 2.31. The smallest absolute Gasteiger partial charge is 0.548 e. The second kappa shape index (κ2) is 20.3. The van der Waals surface area contributed by atoms with Crippen LogP contribution in [-0.4, -0.2) is 23.1 Å². The van der Waals surface area contributed by atoms with Crippen molar-refractivity contribution in [3.63, 3.8) is 0 Å². The third kappa shape index (κ3) is 39.8. The van der Waals surface area contributed by atoms with Gasteiger partial charge in [0, 0.05) is 26.3 Å². The number of nitrogens with zero attached hydrogens (tertiary/aromatic N) is 2. The fourth-order valence-corrected chi connectivity index (χ4v) is 0.397. The van der Waals surface area contributed by atoms with Crippen LogP contribution >= 0.6 is 0 Å². The Bertz CT molecular complexity index is 271. The van der Waals surface area contributed by atoms with Crippen LogP contribution in [0, 0.1) is 22.7 Å². The number of carboxylic acid groups (broad SMARTS) is 2. The number of rotatable bonds is 4. The molecule has 0 radical (unpaired) electrons. The zero-order chi connectivity index (χ0) is 13.6. The molecular weight excluding hydrogens is 237 g/mol. The number of carbonyl (C=O) groups excluding carboxylic acids is 1. The van der Waals surface area contributed by atoms with Crippen molar-refractivity contribution in [1.82, 2.24) is 0 Å². The summed E-state index contributed by atoms with van der Waals surface area (Å²) in [7, 11) is 0. The van der Waals surface area contributed by atoms with Crippen LogP contribution in [0.3, 0.4) is 0 Å². The molecule has 90 valence electrons. The molecule has 0 saturated carbocycles. The Morgan fingerprint density at radius 3 is 1.82 bits per heavy atom. The Kier molecular flexibility index (Phi) is 29.8. The van der Waals surface area contributed by atoms with E-state index in [2.05, 4.69) is 0 Å². The van der Waals surface area contributed by atoms with Crippen LogP contribution in [0.15, 0.2) is 0 Å². The molecule has 0 bridgehead atoms. The van der Waals surface area contributed by atoms with Gasteiger partial charge in [0.05, 0.1) is 18.1 Å². The molecule has 0 fully saturated rings. The zero-order valence-electron chi connectivity index (χ0n) is 10.1. The predicted molar refractivity (Wildman–Crippen MR) is 52.4 cm³/mol. The van der Waals surface area contributed by atoms with Gasteiger partial charge in [-0.1, -0.05) is 0 Å². The number of carbonyl (C=O) groups is 2. The molecule has 0 aliphatic carbocycles. The molecule has 0 aliphatic heterocycles. The molecule has 0 spiro atoms. The molecule has 17 heavy (non-hydrogen) atoms.